The number of primary sulfonamides is 1. The van der Waals surface area contributed by atoms with Crippen LogP contribution in [0, 0.1) is 6.92 Å². The van der Waals surface area contributed by atoms with Gasteiger partial charge in [-0.25, -0.2) is 13.6 Å². The minimum Gasteiger partial charge on any atom is -0.490 e. The molecule has 1 aromatic carbocycles. The van der Waals surface area contributed by atoms with E-state index in [0.29, 0.717) is 17.4 Å². The van der Waals surface area contributed by atoms with Crippen molar-refractivity contribution in [3.8, 4) is 5.75 Å². The van der Waals surface area contributed by atoms with Gasteiger partial charge in [0.1, 0.15) is 12.4 Å². The second-order valence-corrected chi connectivity index (χ2v) is 5.90. The fourth-order valence-electron chi connectivity index (χ4n) is 1.21. The molecular formula is C11H16ClNO4S. The number of ether oxygens (including phenoxy) is 2. The van der Waals surface area contributed by atoms with Gasteiger partial charge >= 0.3 is 0 Å². The quantitative estimate of drug-likeness (QED) is 0.769. The zero-order chi connectivity index (χ0) is 13.6. The van der Waals surface area contributed by atoms with Crippen LogP contribution in [0.2, 0.25) is 5.02 Å². The number of hydrogen-bond acceptors (Lipinski definition) is 4. The minimum atomic E-state index is -3.46. The number of sulfonamides is 1. The first-order valence-corrected chi connectivity index (χ1v) is 7.45. The number of nitrogens with two attached hydrogens (primary N) is 1. The molecule has 0 atom stereocenters. The number of benzene rings is 1. The van der Waals surface area contributed by atoms with Crippen LogP contribution in [0.25, 0.3) is 0 Å². The van der Waals surface area contributed by atoms with Crippen LogP contribution in [0.3, 0.4) is 0 Å². The molecule has 1 rings (SSSR count). The van der Waals surface area contributed by atoms with E-state index in [4.69, 9.17) is 26.2 Å². The Morgan fingerprint density at radius 1 is 1.28 bits per heavy atom. The highest BCUT2D eigenvalue weighted by Gasteiger charge is 2.03. The zero-order valence-corrected chi connectivity index (χ0v) is 11.6. The lowest BCUT2D eigenvalue weighted by Gasteiger charge is -2.08. The molecule has 0 radical (unpaired) electrons. The Morgan fingerprint density at radius 3 is 2.61 bits per heavy atom. The van der Waals surface area contributed by atoms with E-state index in [9.17, 15) is 8.42 Å². The molecule has 1 aromatic rings. The van der Waals surface area contributed by atoms with Gasteiger partial charge < -0.3 is 9.47 Å². The average molecular weight is 294 g/mol. The van der Waals surface area contributed by atoms with Crippen LogP contribution in [0.15, 0.2) is 18.2 Å². The third kappa shape index (κ3) is 6.20. The summed E-state index contributed by atoms with van der Waals surface area (Å²) in [5.74, 6) is 0.385. The fourth-order valence-corrected chi connectivity index (χ4v) is 1.85. The van der Waals surface area contributed by atoms with E-state index in [1.165, 1.54) is 0 Å². The van der Waals surface area contributed by atoms with Crippen LogP contribution < -0.4 is 9.88 Å². The van der Waals surface area contributed by atoms with Crippen LogP contribution in [0.4, 0.5) is 0 Å². The highest BCUT2D eigenvalue weighted by Crippen LogP contribution is 2.24. The van der Waals surface area contributed by atoms with Gasteiger partial charge in [-0.15, -0.1) is 0 Å². The van der Waals surface area contributed by atoms with Crippen LogP contribution in [-0.2, 0) is 14.8 Å². The van der Waals surface area contributed by atoms with E-state index < -0.39 is 10.0 Å². The molecule has 0 heterocycles. The van der Waals surface area contributed by atoms with E-state index in [-0.39, 0.29) is 19.0 Å². The second kappa shape index (κ2) is 6.94. The van der Waals surface area contributed by atoms with Crippen molar-refractivity contribution < 1.29 is 17.9 Å². The standard InChI is InChI=1S/C11H16ClNO4S/c1-9-2-3-11(10(12)8-9)17-5-4-16-6-7-18(13,14)15/h2-3,8H,4-7H2,1H3,(H2,13,14,15). The summed E-state index contributed by atoms with van der Waals surface area (Å²) in [7, 11) is -3.46. The van der Waals surface area contributed by atoms with Gasteiger partial charge in [0.25, 0.3) is 0 Å². The first-order chi connectivity index (χ1) is 8.38. The first kappa shape index (κ1) is 15.2. The van der Waals surface area contributed by atoms with Gasteiger partial charge in [-0.2, -0.15) is 0 Å². The molecule has 18 heavy (non-hydrogen) atoms. The third-order valence-electron chi connectivity index (χ3n) is 2.08. The summed E-state index contributed by atoms with van der Waals surface area (Å²) in [6, 6.07) is 5.48. The van der Waals surface area contributed by atoms with Crippen LogP contribution >= 0.6 is 11.6 Å². The van der Waals surface area contributed by atoms with Crippen LogP contribution in [0.1, 0.15) is 5.56 Å². The van der Waals surface area contributed by atoms with Gasteiger partial charge in [-0.05, 0) is 24.6 Å². The summed E-state index contributed by atoms with van der Waals surface area (Å²) in [5, 5.41) is 5.36. The van der Waals surface area contributed by atoms with E-state index >= 15 is 0 Å². The Hall–Kier alpha value is -0.820. The minimum absolute atomic E-state index is 0.0593. The Bertz CT molecular complexity index is 490. The van der Waals surface area contributed by atoms with Gasteiger partial charge in [0, 0.05) is 0 Å². The summed E-state index contributed by atoms with van der Waals surface area (Å²) >= 11 is 5.97. The lowest BCUT2D eigenvalue weighted by atomic mass is 10.2. The molecule has 0 fully saturated rings. The highest BCUT2D eigenvalue weighted by molar-refractivity contribution is 7.89. The molecule has 0 amide bonds. The molecule has 2 N–H and O–H groups in total. The Balaban J connectivity index is 2.22. The topological polar surface area (TPSA) is 78.6 Å². The molecule has 0 saturated heterocycles. The van der Waals surface area contributed by atoms with Crippen molar-refractivity contribution in [1.29, 1.82) is 0 Å². The molecule has 0 aromatic heterocycles. The van der Waals surface area contributed by atoms with Crippen LogP contribution in [0.5, 0.6) is 5.75 Å². The molecule has 0 aliphatic heterocycles. The zero-order valence-electron chi connectivity index (χ0n) is 10.1. The summed E-state index contributed by atoms with van der Waals surface area (Å²) in [6.07, 6.45) is 0. The lowest BCUT2D eigenvalue weighted by Crippen LogP contribution is -2.21. The SMILES string of the molecule is Cc1ccc(OCCOCCS(N)(=O)=O)c(Cl)c1. The van der Waals surface area contributed by atoms with Gasteiger partial charge in [-0.1, -0.05) is 17.7 Å². The molecule has 0 bridgehead atoms. The predicted octanol–water partition coefficient (Wildman–Crippen LogP) is 1.33. The van der Waals surface area contributed by atoms with Gasteiger partial charge in [-0.3, -0.25) is 0 Å². The second-order valence-electron chi connectivity index (χ2n) is 3.76. The number of aryl methyl sites for hydroxylation is 1. The van der Waals surface area contributed by atoms with E-state index in [1.54, 1.807) is 12.1 Å². The van der Waals surface area contributed by atoms with E-state index in [0.717, 1.165) is 5.56 Å². The summed E-state index contributed by atoms with van der Waals surface area (Å²) in [6.45, 7) is 2.57. The van der Waals surface area contributed by atoms with Crippen LogP contribution in [-0.4, -0.2) is 34.0 Å². The molecule has 5 nitrogen and oxygen atoms in total. The average Bonchev–Trinajstić information content (AvgIpc) is 2.24. The third-order valence-corrected chi connectivity index (χ3v) is 3.12. The monoisotopic (exact) mass is 293 g/mol. The van der Waals surface area contributed by atoms with Crippen molar-refractivity contribution in [1.82, 2.24) is 0 Å². The van der Waals surface area contributed by atoms with Crippen molar-refractivity contribution >= 4 is 21.6 Å². The summed E-state index contributed by atoms with van der Waals surface area (Å²) in [4.78, 5) is 0. The molecule has 0 spiro atoms. The van der Waals surface area contributed by atoms with Gasteiger partial charge in [0.15, 0.2) is 0 Å². The molecule has 102 valence electrons. The molecule has 0 aliphatic carbocycles. The smallest absolute Gasteiger partial charge is 0.211 e. The predicted molar refractivity (Wildman–Crippen MR) is 70.5 cm³/mol. The Labute approximate surface area is 112 Å². The maximum absolute atomic E-state index is 10.6. The normalized spacial score (nSPS) is 11.5. The molecule has 0 aliphatic rings. The molecule has 0 saturated carbocycles. The van der Waals surface area contributed by atoms with Crippen molar-refractivity contribution in [2.75, 3.05) is 25.6 Å². The van der Waals surface area contributed by atoms with Gasteiger partial charge in [0.05, 0.1) is 24.0 Å². The lowest BCUT2D eigenvalue weighted by molar-refractivity contribution is 0.111. The highest BCUT2D eigenvalue weighted by atomic mass is 35.5. The summed E-state index contributed by atoms with van der Waals surface area (Å²) < 4.78 is 31.7. The first-order valence-electron chi connectivity index (χ1n) is 5.35. The Kier molecular flexibility index (Phi) is 5.87. The molecule has 0 unspecified atom stereocenters. The van der Waals surface area contributed by atoms with Crippen molar-refractivity contribution in [2.24, 2.45) is 5.14 Å². The maximum atomic E-state index is 10.6. The Morgan fingerprint density at radius 2 is 2.00 bits per heavy atom. The van der Waals surface area contributed by atoms with Gasteiger partial charge in [0.2, 0.25) is 10.0 Å². The molecule has 7 heteroatoms. The maximum Gasteiger partial charge on any atom is 0.211 e. The molecular weight excluding hydrogens is 278 g/mol. The number of rotatable bonds is 7. The van der Waals surface area contributed by atoms with Crippen molar-refractivity contribution in [3.05, 3.63) is 28.8 Å². The van der Waals surface area contributed by atoms with Crippen molar-refractivity contribution in [3.63, 3.8) is 0 Å². The fraction of sp³-hybridized carbons (Fsp3) is 0.455. The number of hydrogen-bond donors (Lipinski definition) is 1. The van der Waals surface area contributed by atoms with Crippen molar-refractivity contribution in [2.45, 2.75) is 6.92 Å². The van der Waals surface area contributed by atoms with E-state index in [2.05, 4.69) is 0 Å². The summed E-state index contributed by atoms with van der Waals surface area (Å²) in [5.41, 5.74) is 1.05. The van der Waals surface area contributed by atoms with E-state index in [1.807, 2.05) is 13.0 Å². The number of halogens is 1. The largest absolute Gasteiger partial charge is 0.490 e.